The van der Waals surface area contributed by atoms with Crippen molar-refractivity contribution in [1.82, 2.24) is 4.31 Å². The van der Waals surface area contributed by atoms with Gasteiger partial charge in [0.05, 0.1) is 11.0 Å². The lowest BCUT2D eigenvalue weighted by atomic mass is 9.97. The highest BCUT2D eigenvalue weighted by Crippen LogP contribution is 2.25. The molecule has 1 saturated heterocycles. The largest absolute Gasteiger partial charge is 0.508 e. The molecule has 1 aliphatic heterocycles. The smallest absolute Gasteiger partial charge is 0.243 e. The van der Waals surface area contributed by atoms with Gasteiger partial charge in [0.15, 0.2) is 0 Å². The van der Waals surface area contributed by atoms with Gasteiger partial charge < -0.3 is 9.84 Å². The second-order valence-electron chi connectivity index (χ2n) is 4.90. The molecule has 0 amide bonds. The first-order valence-electron chi connectivity index (χ1n) is 6.27. The predicted molar refractivity (Wildman–Crippen MR) is 71.4 cm³/mol. The first-order valence-corrected chi connectivity index (χ1v) is 7.71. The lowest BCUT2D eigenvalue weighted by Gasteiger charge is -2.35. The zero-order chi connectivity index (χ0) is 14.0. The summed E-state index contributed by atoms with van der Waals surface area (Å²) < 4.78 is 31.7. The highest BCUT2D eigenvalue weighted by atomic mass is 32.2. The SMILES string of the molecule is COC1CN(S(=O)(=O)c2ccc(O)cc2)CCC1C. The third-order valence-corrected chi connectivity index (χ3v) is 5.51. The van der Waals surface area contributed by atoms with Gasteiger partial charge in [0, 0.05) is 20.2 Å². The van der Waals surface area contributed by atoms with E-state index in [0.717, 1.165) is 6.42 Å². The van der Waals surface area contributed by atoms with Crippen LogP contribution >= 0.6 is 0 Å². The van der Waals surface area contributed by atoms with Crippen LogP contribution in [0.3, 0.4) is 0 Å². The number of hydrogen-bond donors (Lipinski definition) is 1. The van der Waals surface area contributed by atoms with Crippen LogP contribution in [0.1, 0.15) is 13.3 Å². The number of aromatic hydroxyl groups is 1. The lowest BCUT2D eigenvalue weighted by Crippen LogP contribution is -2.46. The second kappa shape index (κ2) is 5.48. The van der Waals surface area contributed by atoms with E-state index in [-0.39, 0.29) is 16.7 Å². The molecule has 2 unspecified atom stereocenters. The lowest BCUT2D eigenvalue weighted by molar-refractivity contribution is 0.0184. The van der Waals surface area contributed by atoms with Crippen LogP contribution < -0.4 is 0 Å². The molecule has 1 aromatic rings. The molecule has 2 rings (SSSR count). The van der Waals surface area contributed by atoms with E-state index in [4.69, 9.17) is 4.74 Å². The highest BCUT2D eigenvalue weighted by Gasteiger charge is 2.33. The molecular formula is C13H19NO4S. The number of sulfonamides is 1. The molecule has 1 heterocycles. The number of phenolic OH excluding ortho intramolecular Hbond substituents is 1. The van der Waals surface area contributed by atoms with E-state index in [1.165, 1.54) is 28.6 Å². The molecule has 2 atom stereocenters. The number of rotatable bonds is 3. The van der Waals surface area contributed by atoms with Crippen molar-refractivity contribution in [3.63, 3.8) is 0 Å². The summed E-state index contributed by atoms with van der Waals surface area (Å²) in [6, 6.07) is 5.61. The summed E-state index contributed by atoms with van der Waals surface area (Å²) in [6.45, 7) is 2.95. The number of piperidine rings is 1. The van der Waals surface area contributed by atoms with E-state index < -0.39 is 10.0 Å². The molecule has 0 saturated carbocycles. The van der Waals surface area contributed by atoms with Gasteiger partial charge in [-0.2, -0.15) is 4.31 Å². The Balaban J connectivity index is 2.23. The maximum Gasteiger partial charge on any atom is 0.243 e. The van der Waals surface area contributed by atoms with Crippen LogP contribution in [0.25, 0.3) is 0 Å². The molecule has 0 bridgehead atoms. The summed E-state index contributed by atoms with van der Waals surface area (Å²) in [5.41, 5.74) is 0. The molecule has 6 heteroatoms. The second-order valence-corrected chi connectivity index (χ2v) is 6.84. The minimum atomic E-state index is -3.50. The normalized spacial score (nSPS) is 25.4. The molecule has 1 N–H and O–H groups in total. The van der Waals surface area contributed by atoms with Crippen molar-refractivity contribution in [3.05, 3.63) is 24.3 Å². The van der Waals surface area contributed by atoms with Gasteiger partial charge in [0.1, 0.15) is 5.75 Å². The fourth-order valence-electron chi connectivity index (χ4n) is 2.30. The van der Waals surface area contributed by atoms with Gasteiger partial charge in [-0.3, -0.25) is 0 Å². The Kier molecular flexibility index (Phi) is 4.13. The zero-order valence-corrected chi connectivity index (χ0v) is 11.9. The Hall–Kier alpha value is -1.11. The molecule has 5 nitrogen and oxygen atoms in total. The fourth-order valence-corrected chi connectivity index (χ4v) is 3.76. The van der Waals surface area contributed by atoms with Crippen molar-refractivity contribution in [2.75, 3.05) is 20.2 Å². The minimum Gasteiger partial charge on any atom is -0.508 e. The van der Waals surface area contributed by atoms with Crippen LogP contribution in [-0.2, 0) is 14.8 Å². The van der Waals surface area contributed by atoms with E-state index >= 15 is 0 Å². The Morgan fingerprint density at radius 2 is 1.95 bits per heavy atom. The van der Waals surface area contributed by atoms with Gasteiger partial charge in [-0.15, -0.1) is 0 Å². The van der Waals surface area contributed by atoms with Crippen molar-refractivity contribution in [3.8, 4) is 5.75 Å². The van der Waals surface area contributed by atoms with Crippen LogP contribution in [0.4, 0.5) is 0 Å². The van der Waals surface area contributed by atoms with Gasteiger partial charge in [0.2, 0.25) is 10.0 Å². The van der Waals surface area contributed by atoms with Gasteiger partial charge in [-0.1, -0.05) is 6.92 Å². The molecule has 0 aliphatic carbocycles. The van der Waals surface area contributed by atoms with E-state index in [0.29, 0.717) is 19.0 Å². The Labute approximate surface area is 113 Å². The summed E-state index contributed by atoms with van der Waals surface area (Å²) in [7, 11) is -1.89. The Bertz CT molecular complexity index is 526. The van der Waals surface area contributed by atoms with Crippen molar-refractivity contribution in [1.29, 1.82) is 0 Å². The average Bonchev–Trinajstić information content (AvgIpc) is 2.39. The molecule has 1 aliphatic rings. The first-order chi connectivity index (χ1) is 8.95. The topological polar surface area (TPSA) is 66.8 Å². The monoisotopic (exact) mass is 285 g/mol. The fraction of sp³-hybridized carbons (Fsp3) is 0.538. The number of phenols is 1. The number of hydrogen-bond acceptors (Lipinski definition) is 4. The first kappa shape index (κ1) is 14.3. The summed E-state index contributed by atoms with van der Waals surface area (Å²) in [6.07, 6.45) is 0.719. The number of benzene rings is 1. The van der Waals surface area contributed by atoms with E-state index in [2.05, 4.69) is 6.92 Å². The van der Waals surface area contributed by atoms with Gasteiger partial charge in [-0.25, -0.2) is 8.42 Å². The standard InChI is InChI=1S/C13H19NO4S/c1-10-7-8-14(9-13(10)18-2)19(16,17)12-5-3-11(15)4-6-12/h3-6,10,13,15H,7-9H2,1-2H3. The molecule has 1 aromatic carbocycles. The van der Waals surface area contributed by atoms with Crippen LogP contribution in [0.5, 0.6) is 5.75 Å². The summed E-state index contributed by atoms with van der Waals surface area (Å²) in [4.78, 5) is 0.203. The molecular weight excluding hydrogens is 266 g/mol. The molecule has 0 radical (unpaired) electrons. The van der Waals surface area contributed by atoms with Crippen LogP contribution in [0, 0.1) is 5.92 Å². The number of methoxy groups -OCH3 is 1. The average molecular weight is 285 g/mol. The van der Waals surface area contributed by atoms with Crippen LogP contribution in [0.2, 0.25) is 0 Å². The van der Waals surface area contributed by atoms with Gasteiger partial charge in [-0.05, 0) is 36.6 Å². The zero-order valence-electron chi connectivity index (χ0n) is 11.1. The van der Waals surface area contributed by atoms with Crippen molar-refractivity contribution in [2.45, 2.75) is 24.3 Å². The summed E-state index contributed by atoms with van der Waals surface area (Å²) >= 11 is 0. The molecule has 0 spiro atoms. The molecule has 19 heavy (non-hydrogen) atoms. The molecule has 0 aromatic heterocycles. The maximum atomic E-state index is 12.5. The van der Waals surface area contributed by atoms with E-state index in [1.54, 1.807) is 7.11 Å². The third kappa shape index (κ3) is 2.91. The van der Waals surface area contributed by atoms with Gasteiger partial charge in [0.25, 0.3) is 0 Å². The minimum absolute atomic E-state index is 0.0565. The van der Waals surface area contributed by atoms with E-state index in [1.807, 2.05) is 0 Å². The summed E-state index contributed by atoms with van der Waals surface area (Å²) in [5.74, 6) is 0.414. The predicted octanol–water partition coefficient (Wildman–Crippen LogP) is 1.44. The van der Waals surface area contributed by atoms with Crippen LogP contribution in [0.15, 0.2) is 29.2 Å². The number of nitrogens with zero attached hydrogens (tertiary/aromatic N) is 1. The summed E-state index contributed by atoms with van der Waals surface area (Å²) in [5, 5.41) is 9.22. The molecule has 106 valence electrons. The van der Waals surface area contributed by atoms with E-state index in [9.17, 15) is 13.5 Å². The van der Waals surface area contributed by atoms with Gasteiger partial charge >= 0.3 is 0 Å². The quantitative estimate of drug-likeness (QED) is 0.912. The van der Waals surface area contributed by atoms with Crippen molar-refractivity contribution in [2.24, 2.45) is 5.92 Å². The molecule has 1 fully saturated rings. The Morgan fingerprint density at radius 3 is 2.53 bits per heavy atom. The highest BCUT2D eigenvalue weighted by molar-refractivity contribution is 7.89. The number of ether oxygens (including phenoxy) is 1. The van der Waals surface area contributed by atoms with Crippen LogP contribution in [-0.4, -0.2) is 44.1 Å². The third-order valence-electron chi connectivity index (χ3n) is 3.63. The maximum absolute atomic E-state index is 12.5. The Morgan fingerprint density at radius 1 is 1.32 bits per heavy atom. The van der Waals surface area contributed by atoms with Crippen molar-refractivity contribution < 1.29 is 18.3 Å². The van der Waals surface area contributed by atoms with Crippen molar-refractivity contribution >= 4 is 10.0 Å².